The molecule has 1 saturated heterocycles. The number of halogens is 1. The summed E-state index contributed by atoms with van der Waals surface area (Å²) in [5.41, 5.74) is -0.108. The molecule has 20 heavy (non-hydrogen) atoms. The standard InChI is InChI=1S/C15H24ClN3O/c1-10(11-5-7-20-8-6-11)17-13-9-12(16)18-14(19-13)15(2,3)4/h9-11H,5-8H2,1-4H3,(H,17,18,19). The van der Waals surface area contributed by atoms with Crippen LogP contribution in [0.5, 0.6) is 0 Å². The van der Waals surface area contributed by atoms with Crippen LogP contribution in [0.4, 0.5) is 5.82 Å². The van der Waals surface area contributed by atoms with Gasteiger partial charge in [0.15, 0.2) is 0 Å². The van der Waals surface area contributed by atoms with Crippen molar-refractivity contribution >= 4 is 17.4 Å². The van der Waals surface area contributed by atoms with Crippen molar-refractivity contribution in [3.05, 3.63) is 17.0 Å². The molecule has 4 nitrogen and oxygen atoms in total. The lowest BCUT2D eigenvalue weighted by Crippen LogP contribution is -2.31. The maximum absolute atomic E-state index is 6.11. The van der Waals surface area contributed by atoms with Crippen LogP contribution in [-0.4, -0.2) is 29.2 Å². The fraction of sp³-hybridized carbons (Fsp3) is 0.733. The molecule has 2 heterocycles. The first-order chi connectivity index (χ1) is 9.36. The lowest BCUT2D eigenvalue weighted by Gasteiger charge is -2.29. The zero-order valence-corrected chi connectivity index (χ0v) is 13.5. The highest BCUT2D eigenvalue weighted by Gasteiger charge is 2.22. The summed E-state index contributed by atoms with van der Waals surface area (Å²) in [5, 5.41) is 3.97. The van der Waals surface area contributed by atoms with Crippen LogP contribution in [0.15, 0.2) is 6.07 Å². The van der Waals surface area contributed by atoms with Crippen LogP contribution < -0.4 is 5.32 Å². The van der Waals surface area contributed by atoms with E-state index in [2.05, 4.69) is 43.0 Å². The van der Waals surface area contributed by atoms with E-state index in [1.807, 2.05) is 0 Å². The van der Waals surface area contributed by atoms with Crippen LogP contribution in [0.3, 0.4) is 0 Å². The van der Waals surface area contributed by atoms with E-state index in [1.165, 1.54) is 0 Å². The fourth-order valence-electron chi connectivity index (χ4n) is 2.39. The summed E-state index contributed by atoms with van der Waals surface area (Å²) >= 11 is 6.11. The molecule has 1 unspecified atom stereocenters. The Kier molecular flexibility index (Phi) is 4.86. The van der Waals surface area contributed by atoms with E-state index in [0.717, 1.165) is 37.7 Å². The SMILES string of the molecule is CC(Nc1cc(Cl)nc(C(C)(C)C)n1)C1CCOCC1. The molecule has 1 aliphatic rings. The molecule has 1 aromatic heterocycles. The first-order valence-electron chi connectivity index (χ1n) is 7.25. The third-order valence-corrected chi connectivity index (χ3v) is 3.91. The van der Waals surface area contributed by atoms with E-state index < -0.39 is 0 Å². The summed E-state index contributed by atoms with van der Waals surface area (Å²) in [6, 6.07) is 2.16. The van der Waals surface area contributed by atoms with Crippen LogP contribution in [0.2, 0.25) is 5.15 Å². The second-order valence-electron chi connectivity index (χ2n) is 6.53. The molecule has 0 aromatic carbocycles. The number of nitrogens with zero attached hydrogens (tertiary/aromatic N) is 2. The number of hydrogen-bond acceptors (Lipinski definition) is 4. The topological polar surface area (TPSA) is 47.0 Å². The first kappa shape index (κ1) is 15.5. The highest BCUT2D eigenvalue weighted by Crippen LogP contribution is 2.25. The highest BCUT2D eigenvalue weighted by atomic mass is 35.5. The minimum Gasteiger partial charge on any atom is -0.381 e. The van der Waals surface area contributed by atoms with Crippen LogP contribution in [-0.2, 0) is 10.2 Å². The fourth-order valence-corrected chi connectivity index (χ4v) is 2.58. The first-order valence-corrected chi connectivity index (χ1v) is 7.63. The molecular weight excluding hydrogens is 274 g/mol. The summed E-state index contributed by atoms with van der Waals surface area (Å²) in [7, 11) is 0. The van der Waals surface area contributed by atoms with E-state index in [4.69, 9.17) is 16.3 Å². The molecule has 1 atom stereocenters. The zero-order chi connectivity index (χ0) is 14.8. The smallest absolute Gasteiger partial charge is 0.137 e. The Morgan fingerprint density at radius 3 is 2.55 bits per heavy atom. The number of nitrogens with one attached hydrogen (secondary N) is 1. The van der Waals surface area contributed by atoms with E-state index in [0.29, 0.717) is 17.1 Å². The second kappa shape index (κ2) is 6.27. The number of hydrogen-bond donors (Lipinski definition) is 1. The molecule has 1 N–H and O–H groups in total. The van der Waals surface area contributed by atoms with Crippen LogP contribution in [0.25, 0.3) is 0 Å². The Labute approximate surface area is 126 Å². The summed E-state index contributed by atoms with van der Waals surface area (Å²) in [6.45, 7) is 10.2. The maximum Gasteiger partial charge on any atom is 0.137 e. The number of anilines is 1. The van der Waals surface area contributed by atoms with Crippen molar-refractivity contribution in [1.29, 1.82) is 0 Å². The number of rotatable bonds is 3. The van der Waals surface area contributed by atoms with Crippen molar-refractivity contribution < 1.29 is 4.74 Å². The highest BCUT2D eigenvalue weighted by molar-refractivity contribution is 6.29. The van der Waals surface area contributed by atoms with Crippen LogP contribution in [0, 0.1) is 5.92 Å². The van der Waals surface area contributed by atoms with Gasteiger partial charge in [-0.05, 0) is 25.7 Å². The van der Waals surface area contributed by atoms with Crippen molar-refractivity contribution in [2.45, 2.75) is 52.0 Å². The van der Waals surface area contributed by atoms with Crippen LogP contribution in [0.1, 0.15) is 46.4 Å². The average Bonchev–Trinajstić information content (AvgIpc) is 2.38. The van der Waals surface area contributed by atoms with Crippen molar-refractivity contribution in [3.63, 3.8) is 0 Å². The average molecular weight is 298 g/mol. The van der Waals surface area contributed by atoms with Gasteiger partial charge in [0, 0.05) is 30.7 Å². The Bertz CT molecular complexity index is 453. The molecule has 1 fully saturated rings. The van der Waals surface area contributed by atoms with Crippen molar-refractivity contribution in [3.8, 4) is 0 Å². The van der Waals surface area contributed by atoms with Crippen molar-refractivity contribution in [1.82, 2.24) is 9.97 Å². The molecule has 1 aromatic rings. The van der Waals surface area contributed by atoms with Gasteiger partial charge in [-0.3, -0.25) is 0 Å². The van der Waals surface area contributed by atoms with E-state index in [-0.39, 0.29) is 5.41 Å². The van der Waals surface area contributed by atoms with Gasteiger partial charge in [-0.1, -0.05) is 32.4 Å². The minimum atomic E-state index is -0.108. The van der Waals surface area contributed by atoms with Crippen molar-refractivity contribution in [2.75, 3.05) is 18.5 Å². The largest absolute Gasteiger partial charge is 0.381 e. The minimum absolute atomic E-state index is 0.108. The lowest BCUT2D eigenvalue weighted by molar-refractivity contribution is 0.0622. The van der Waals surface area contributed by atoms with Gasteiger partial charge in [0.05, 0.1) is 0 Å². The van der Waals surface area contributed by atoms with Gasteiger partial charge >= 0.3 is 0 Å². The molecule has 0 radical (unpaired) electrons. The molecule has 0 bridgehead atoms. The Balaban J connectivity index is 2.10. The molecule has 112 valence electrons. The monoisotopic (exact) mass is 297 g/mol. The van der Waals surface area contributed by atoms with Gasteiger partial charge in [-0.2, -0.15) is 0 Å². The van der Waals surface area contributed by atoms with Crippen molar-refractivity contribution in [2.24, 2.45) is 5.92 Å². The van der Waals surface area contributed by atoms with Gasteiger partial charge in [-0.15, -0.1) is 0 Å². The summed E-state index contributed by atoms with van der Waals surface area (Å²) < 4.78 is 5.41. The van der Waals surface area contributed by atoms with Gasteiger partial charge in [0.2, 0.25) is 0 Å². The van der Waals surface area contributed by atoms with Gasteiger partial charge in [0.1, 0.15) is 16.8 Å². The van der Waals surface area contributed by atoms with E-state index >= 15 is 0 Å². The predicted octanol–water partition coefficient (Wildman–Crippen LogP) is 3.65. The number of ether oxygens (including phenoxy) is 1. The molecule has 5 heteroatoms. The number of aromatic nitrogens is 2. The third kappa shape index (κ3) is 4.06. The maximum atomic E-state index is 6.11. The van der Waals surface area contributed by atoms with Gasteiger partial charge < -0.3 is 10.1 Å². The van der Waals surface area contributed by atoms with Crippen LogP contribution >= 0.6 is 11.6 Å². The zero-order valence-electron chi connectivity index (χ0n) is 12.7. The molecule has 0 aliphatic carbocycles. The quantitative estimate of drug-likeness (QED) is 0.865. The normalized spacial score (nSPS) is 18.9. The third-order valence-electron chi connectivity index (χ3n) is 3.71. The Hall–Kier alpha value is -0.870. The molecule has 0 amide bonds. The molecular formula is C15H24ClN3O. The molecule has 0 saturated carbocycles. The summed E-state index contributed by atoms with van der Waals surface area (Å²) in [5.74, 6) is 2.20. The Morgan fingerprint density at radius 1 is 1.30 bits per heavy atom. The van der Waals surface area contributed by atoms with Gasteiger partial charge in [-0.25, -0.2) is 9.97 Å². The summed E-state index contributed by atoms with van der Waals surface area (Å²) in [6.07, 6.45) is 2.19. The molecule has 1 aliphatic heterocycles. The summed E-state index contributed by atoms with van der Waals surface area (Å²) in [4.78, 5) is 8.92. The van der Waals surface area contributed by atoms with Gasteiger partial charge in [0.25, 0.3) is 0 Å². The Morgan fingerprint density at radius 2 is 1.95 bits per heavy atom. The lowest BCUT2D eigenvalue weighted by atomic mass is 9.93. The van der Waals surface area contributed by atoms with E-state index in [1.54, 1.807) is 6.07 Å². The predicted molar refractivity (Wildman–Crippen MR) is 82.4 cm³/mol. The second-order valence-corrected chi connectivity index (χ2v) is 6.92. The van der Waals surface area contributed by atoms with E-state index in [9.17, 15) is 0 Å². The molecule has 2 rings (SSSR count). The molecule has 0 spiro atoms.